The van der Waals surface area contributed by atoms with Gasteiger partial charge in [0.25, 0.3) is 0 Å². The van der Waals surface area contributed by atoms with Crippen LogP contribution in [-0.2, 0) is 4.74 Å². The molecule has 0 spiro atoms. The van der Waals surface area contributed by atoms with Crippen molar-refractivity contribution >= 4 is 10.9 Å². The first-order valence-corrected chi connectivity index (χ1v) is 6.57. The molecule has 18 heavy (non-hydrogen) atoms. The van der Waals surface area contributed by atoms with Crippen molar-refractivity contribution in [3.8, 4) is 0 Å². The number of fused-ring (bicyclic) bond motifs is 1. The lowest BCUT2D eigenvalue weighted by Crippen LogP contribution is -2.18. The van der Waals surface area contributed by atoms with E-state index in [4.69, 9.17) is 4.74 Å². The van der Waals surface area contributed by atoms with E-state index in [1.165, 1.54) is 16.6 Å². The highest BCUT2D eigenvalue weighted by atomic mass is 16.5. The Morgan fingerprint density at radius 2 is 2.00 bits per heavy atom. The minimum Gasteiger partial charge on any atom is -0.377 e. The van der Waals surface area contributed by atoms with Gasteiger partial charge in [-0.1, -0.05) is 30.4 Å². The molecule has 1 aromatic heterocycles. The lowest BCUT2D eigenvalue weighted by molar-refractivity contribution is 0.123. The SMILES string of the molecule is COC1C=CC(n2c(C)cc3ccccc32)CC1. The topological polar surface area (TPSA) is 14.2 Å². The lowest BCUT2D eigenvalue weighted by atomic mass is 10.00. The molecule has 0 amide bonds. The van der Waals surface area contributed by atoms with Crippen molar-refractivity contribution in [3.05, 3.63) is 48.2 Å². The molecule has 2 nitrogen and oxygen atoms in total. The summed E-state index contributed by atoms with van der Waals surface area (Å²) >= 11 is 0. The summed E-state index contributed by atoms with van der Waals surface area (Å²) in [4.78, 5) is 0. The molecule has 0 radical (unpaired) electrons. The van der Waals surface area contributed by atoms with E-state index in [1.807, 2.05) is 0 Å². The van der Waals surface area contributed by atoms with Crippen LogP contribution < -0.4 is 0 Å². The number of aryl methyl sites for hydroxylation is 1. The lowest BCUT2D eigenvalue weighted by Gasteiger charge is -2.25. The van der Waals surface area contributed by atoms with Crippen molar-refractivity contribution < 1.29 is 4.74 Å². The summed E-state index contributed by atoms with van der Waals surface area (Å²) in [6, 6.07) is 11.3. The molecule has 2 aromatic rings. The molecule has 1 aliphatic carbocycles. The Bertz CT molecular complexity index is 582. The monoisotopic (exact) mass is 241 g/mol. The number of rotatable bonds is 2. The van der Waals surface area contributed by atoms with E-state index in [1.54, 1.807) is 7.11 Å². The molecule has 1 aliphatic rings. The first-order chi connectivity index (χ1) is 8.79. The highest BCUT2D eigenvalue weighted by Gasteiger charge is 2.19. The fraction of sp³-hybridized carbons (Fsp3) is 0.375. The maximum absolute atomic E-state index is 5.38. The van der Waals surface area contributed by atoms with E-state index < -0.39 is 0 Å². The molecule has 2 heteroatoms. The molecule has 0 aliphatic heterocycles. The molecule has 0 saturated heterocycles. The maximum Gasteiger partial charge on any atom is 0.0753 e. The Morgan fingerprint density at radius 3 is 2.72 bits per heavy atom. The molecule has 0 saturated carbocycles. The van der Waals surface area contributed by atoms with E-state index in [2.05, 4.69) is 54.0 Å². The largest absolute Gasteiger partial charge is 0.377 e. The normalized spacial score (nSPS) is 23.7. The molecule has 0 bridgehead atoms. The Labute approximate surface area is 108 Å². The molecule has 94 valence electrons. The van der Waals surface area contributed by atoms with Crippen LogP contribution in [0, 0.1) is 6.92 Å². The van der Waals surface area contributed by atoms with Crippen LogP contribution in [0.25, 0.3) is 10.9 Å². The quantitative estimate of drug-likeness (QED) is 0.728. The van der Waals surface area contributed by atoms with Crippen molar-refractivity contribution in [2.75, 3.05) is 7.11 Å². The van der Waals surface area contributed by atoms with Crippen LogP contribution in [0.3, 0.4) is 0 Å². The number of hydrogen-bond acceptors (Lipinski definition) is 1. The third kappa shape index (κ3) is 1.87. The van der Waals surface area contributed by atoms with Crippen LogP contribution in [0.2, 0.25) is 0 Å². The van der Waals surface area contributed by atoms with E-state index in [0.29, 0.717) is 12.1 Å². The van der Waals surface area contributed by atoms with Gasteiger partial charge in [0, 0.05) is 18.3 Å². The third-order valence-corrected chi connectivity index (χ3v) is 3.87. The van der Waals surface area contributed by atoms with Gasteiger partial charge in [-0.3, -0.25) is 0 Å². The van der Waals surface area contributed by atoms with Crippen LogP contribution in [0.4, 0.5) is 0 Å². The Hall–Kier alpha value is -1.54. The minimum atomic E-state index is 0.295. The van der Waals surface area contributed by atoms with Crippen LogP contribution in [0.1, 0.15) is 24.6 Å². The van der Waals surface area contributed by atoms with Gasteiger partial charge in [-0.2, -0.15) is 0 Å². The van der Waals surface area contributed by atoms with Gasteiger partial charge in [-0.05, 0) is 37.3 Å². The average Bonchev–Trinajstić information content (AvgIpc) is 2.75. The summed E-state index contributed by atoms with van der Waals surface area (Å²) in [7, 11) is 1.78. The third-order valence-electron chi connectivity index (χ3n) is 3.87. The van der Waals surface area contributed by atoms with E-state index in [-0.39, 0.29) is 0 Å². The number of allylic oxidation sites excluding steroid dienone is 1. The smallest absolute Gasteiger partial charge is 0.0753 e. The summed E-state index contributed by atoms with van der Waals surface area (Å²) in [5.41, 5.74) is 2.67. The number of ether oxygens (including phenoxy) is 1. The summed E-state index contributed by atoms with van der Waals surface area (Å²) in [5, 5.41) is 1.33. The second-order valence-electron chi connectivity index (χ2n) is 5.02. The maximum atomic E-state index is 5.38. The van der Waals surface area contributed by atoms with Crippen molar-refractivity contribution in [1.82, 2.24) is 4.57 Å². The Balaban J connectivity index is 2.02. The molecule has 2 unspecified atom stereocenters. The number of nitrogens with zero attached hydrogens (tertiary/aromatic N) is 1. The zero-order valence-corrected chi connectivity index (χ0v) is 11.0. The molecule has 0 fully saturated rings. The van der Waals surface area contributed by atoms with E-state index in [0.717, 1.165) is 12.8 Å². The first kappa shape index (κ1) is 11.5. The summed E-state index contributed by atoms with van der Waals surface area (Å²) in [6.45, 7) is 2.19. The molecule has 2 atom stereocenters. The molecule has 1 aromatic carbocycles. The number of methoxy groups -OCH3 is 1. The van der Waals surface area contributed by atoms with Gasteiger partial charge in [-0.15, -0.1) is 0 Å². The van der Waals surface area contributed by atoms with E-state index >= 15 is 0 Å². The van der Waals surface area contributed by atoms with Gasteiger partial charge in [0.1, 0.15) is 0 Å². The van der Waals surface area contributed by atoms with Gasteiger partial charge < -0.3 is 9.30 Å². The highest BCUT2D eigenvalue weighted by molar-refractivity contribution is 5.81. The predicted molar refractivity (Wildman–Crippen MR) is 74.9 cm³/mol. The Kier molecular flexibility index (Phi) is 2.96. The average molecular weight is 241 g/mol. The van der Waals surface area contributed by atoms with Gasteiger partial charge >= 0.3 is 0 Å². The number of hydrogen-bond donors (Lipinski definition) is 0. The zero-order valence-electron chi connectivity index (χ0n) is 11.0. The summed E-state index contributed by atoms with van der Waals surface area (Å²) in [6.07, 6.45) is 7.03. The number of para-hydroxylation sites is 1. The van der Waals surface area contributed by atoms with Crippen molar-refractivity contribution in [2.24, 2.45) is 0 Å². The minimum absolute atomic E-state index is 0.295. The van der Waals surface area contributed by atoms with E-state index in [9.17, 15) is 0 Å². The van der Waals surface area contributed by atoms with Gasteiger partial charge in [0.2, 0.25) is 0 Å². The summed E-state index contributed by atoms with van der Waals surface area (Å²) in [5.74, 6) is 0. The molecular formula is C16H19NO. The Morgan fingerprint density at radius 1 is 1.17 bits per heavy atom. The van der Waals surface area contributed by atoms with Crippen LogP contribution in [-0.4, -0.2) is 17.8 Å². The number of benzene rings is 1. The second kappa shape index (κ2) is 4.62. The van der Waals surface area contributed by atoms with Crippen molar-refractivity contribution in [3.63, 3.8) is 0 Å². The highest BCUT2D eigenvalue weighted by Crippen LogP contribution is 2.30. The van der Waals surface area contributed by atoms with Gasteiger partial charge in [-0.25, -0.2) is 0 Å². The van der Waals surface area contributed by atoms with Crippen molar-refractivity contribution in [2.45, 2.75) is 31.9 Å². The second-order valence-corrected chi connectivity index (χ2v) is 5.02. The fourth-order valence-corrected chi connectivity index (χ4v) is 2.95. The molecule has 1 heterocycles. The van der Waals surface area contributed by atoms with Crippen molar-refractivity contribution in [1.29, 1.82) is 0 Å². The van der Waals surface area contributed by atoms with Crippen LogP contribution in [0.5, 0.6) is 0 Å². The first-order valence-electron chi connectivity index (χ1n) is 6.57. The molecular weight excluding hydrogens is 222 g/mol. The molecule has 0 N–H and O–H groups in total. The van der Waals surface area contributed by atoms with Gasteiger partial charge in [0.15, 0.2) is 0 Å². The molecule has 3 rings (SSSR count). The number of aromatic nitrogens is 1. The van der Waals surface area contributed by atoms with Crippen LogP contribution in [0.15, 0.2) is 42.5 Å². The standard InChI is InChI=1S/C16H19NO/c1-12-11-13-5-3-4-6-16(13)17(12)14-7-9-15(18-2)10-8-14/h3-7,9,11,14-15H,8,10H2,1-2H3. The van der Waals surface area contributed by atoms with Crippen LogP contribution >= 0.6 is 0 Å². The van der Waals surface area contributed by atoms with Gasteiger partial charge in [0.05, 0.1) is 12.1 Å². The predicted octanol–water partition coefficient (Wildman–Crippen LogP) is 3.86. The summed E-state index contributed by atoms with van der Waals surface area (Å²) < 4.78 is 7.82. The fourth-order valence-electron chi connectivity index (χ4n) is 2.95. The zero-order chi connectivity index (χ0) is 12.5.